The maximum atomic E-state index is 4.81. The highest BCUT2D eigenvalue weighted by Gasteiger charge is 2.29. The Balaban J connectivity index is 2.15. The predicted molar refractivity (Wildman–Crippen MR) is 86.2 cm³/mol. The zero-order valence-electron chi connectivity index (χ0n) is 12.0. The molecule has 1 fully saturated rings. The Morgan fingerprint density at radius 3 is 2.55 bits per heavy atom. The van der Waals surface area contributed by atoms with Gasteiger partial charge in [-0.1, -0.05) is 23.8 Å². The lowest BCUT2D eigenvalue weighted by molar-refractivity contribution is 0.979. The monoisotopic (exact) mass is 331 g/mol. The first-order valence-electron chi connectivity index (χ1n) is 6.93. The van der Waals surface area contributed by atoms with Crippen molar-refractivity contribution in [3.8, 4) is 11.4 Å². The molecule has 20 heavy (non-hydrogen) atoms. The molecule has 0 amide bonds. The van der Waals surface area contributed by atoms with Crippen LogP contribution in [0.1, 0.15) is 35.6 Å². The molecule has 0 aliphatic heterocycles. The van der Waals surface area contributed by atoms with Crippen LogP contribution in [-0.2, 0) is 0 Å². The van der Waals surface area contributed by atoms with E-state index < -0.39 is 0 Å². The molecule has 0 spiro atoms. The van der Waals surface area contributed by atoms with Crippen LogP contribution in [0.2, 0.25) is 0 Å². The molecule has 2 aromatic rings. The van der Waals surface area contributed by atoms with Crippen LogP contribution in [0.25, 0.3) is 11.4 Å². The van der Waals surface area contributed by atoms with Gasteiger partial charge in [0.05, 0.1) is 10.2 Å². The molecule has 3 nitrogen and oxygen atoms in total. The fourth-order valence-corrected chi connectivity index (χ4v) is 3.14. The third kappa shape index (κ3) is 2.44. The lowest BCUT2D eigenvalue weighted by atomic mass is 10.0. The summed E-state index contributed by atoms with van der Waals surface area (Å²) >= 11 is 3.63. The molecule has 104 valence electrons. The highest BCUT2D eigenvalue weighted by molar-refractivity contribution is 9.10. The third-order valence-corrected chi connectivity index (χ3v) is 4.48. The van der Waals surface area contributed by atoms with E-state index in [1.165, 1.54) is 24.0 Å². The number of aromatic nitrogens is 2. The van der Waals surface area contributed by atoms with Gasteiger partial charge in [0.1, 0.15) is 5.82 Å². The molecule has 3 rings (SSSR count). The van der Waals surface area contributed by atoms with E-state index in [0.29, 0.717) is 5.92 Å². The minimum atomic E-state index is 0.587. The predicted octanol–water partition coefficient (Wildman–Crippen LogP) is 4.44. The zero-order valence-corrected chi connectivity index (χ0v) is 13.6. The van der Waals surface area contributed by atoms with Crippen molar-refractivity contribution in [2.75, 3.05) is 12.4 Å². The van der Waals surface area contributed by atoms with E-state index in [2.05, 4.69) is 58.3 Å². The van der Waals surface area contributed by atoms with E-state index in [0.717, 1.165) is 27.4 Å². The van der Waals surface area contributed by atoms with Gasteiger partial charge < -0.3 is 5.32 Å². The summed E-state index contributed by atoms with van der Waals surface area (Å²) in [7, 11) is 1.90. The smallest absolute Gasteiger partial charge is 0.162 e. The van der Waals surface area contributed by atoms with Gasteiger partial charge in [0.25, 0.3) is 0 Å². The van der Waals surface area contributed by atoms with Gasteiger partial charge in [-0.2, -0.15) is 0 Å². The lowest BCUT2D eigenvalue weighted by Gasteiger charge is -2.12. The minimum absolute atomic E-state index is 0.587. The summed E-state index contributed by atoms with van der Waals surface area (Å²) < 4.78 is 1.01. The zero-order chi connectivity index (χ0) is 14.3. The van der Waals surface area contributed by atoms with Crippen LogP contribution in [0.15, 0.2) is 22.7 Å². The number of benzene rings is 1. The molecule has 1 saturated carbocycles. The van der Waals surface area contributed by atoms with Gasteiger partial charge in [0.15, 0.2) is 5.82 Å². The molecule has 0 atom stereocenters. The van der Waals surface area contributed by atoms with E-state index in [-0.39, 0.29) is 0 Å². The Labute approximate surface area is 128 Å². The Morgan fingerprint density at radius 2 is 1.95 bits per heavy atom. The number of hydrogen-bond donors (Lipinski definition) is 1. The summed E-state index contributed by atoms with van der Waals surface area (Å²) in [6.07, 6.45) is 2.45. The molecule has 0 unspecified atom stereocenters. The van der Waals surface area contributed by atoms with Crippen molar-refractivity contribution in [1.29, 1.82) is 0 Å². The molecule has 1 aliphatic carbocycles. The number of rotatable bonds is 3. The second-order valence-electron chi connectivity index (χ2n) is 5.44. The van der Waals surface area contributed by atoms with E-state index >= 15 is 0 Å². The van der Waals surface area contributed by atoms with Crippen LogP contribution >= 0.6 is 15.9 Å². The molecule has 1 heterocycles. The van der Waals surface area contributed by atoms with E-state index in [1.807, 2.05) is 7.05 Å². The van der Waals surface area contributed by atoms with Crippen LogP contribution in [0.3, 0.4) is 0 Å². The second-order valence-corrected chi connectivity index (χ2v) is 6.23. The van der Waals surface area contributed by atoms with Crippen molar-refractivity contribution in [3.63, 3.8) is 0 Å². The first-order chi connectivity index (χ1) is 9.60. The topological polar surface area (TPSA) is 37.8 Å². The maximum absolute atomic E-state index is 4.81. The highest BCUT2D eigenvalue weighted by atomic mass is 79.9. The van der Waals surface area contributed by atoms with Gasteiger partial charge in [0, 0.05) is 18.5 Å². The van der Waals surface area contributed by atoms with Crippen LogP contribution < -0.4 is 5.32 Å². The molecule has 4 heteroatoms. The van der Waals surface area contributed by atoms with Gasteiger partial charge in [-0.3, -0.25) is 0 Å². The SMILES string of the molecule is CNc1nc(-c2ccc(C)cc2C)nc(C2CC2)c1Br. The van der Waals surface area contributed by atoms with E-state index in [9.17, 15) is 0 Å². The van der Waals surface area contributed by atoms with Crippen LogP contribution in [0, 0.1) is 13.8 Å². The molecular formula is C16H18BrN3. The van der Waals surface area contributed by atoms with Crippen LogP contribution in [0.5, 0.6) is 0 Å². The molecular weight excluding hydrogens is 314 g/mol. The van der Waals surface area contributed by atoms with Crippen molar-refractivity contribution >= 4 is 21.7 Å². The lowest BCUT2D eigenvalue weighted by Crippen LogP contribution is -2.03. The Bertz CT molecular complexity index is 663. The quantitative estimate of drug-likeness (QED) is 0.903. The number of anilines is 1. The summed E-state index contributed by atoms with van der Waals surface area (Å²) in [6, 6.07) is 6.41. The maximum Gasteiger partial charge on any atom is 0.162 e. The number of nitrogens with one attached hydrogen (secondary N) is 1. The van der Waals surface area contributed by atoms with Crippen LogP contribution in [0.4, 0.5) is 5.82 Å². The average Bonchev–Trinajstić information content (AvgIpc) is 3.24. The van der Waals surface area contributed by atoms with Gasteiger partial charge in [0.2, 0.25) is 0 Å². The van der Waals surface area contributed by atoms with Gasteiger partial charge in [-0.15, -0.1) is 0 Å². The molecule has 0 radical (unpaired) electrons. The van der Waals surface area contributed by atoms with Crippen molar-refractivity contribution < 1.29 is 0 Å². The summed E-state index contributed by atoms with van der Waals surface area (Å²) in [5.41, 5.74) is 4.73. The normalized spacial score (nSPS) is 14.4. The number of hydrogen-bond acceptors (Lipinski definition) is 3. The second kappa shape index (κ2) is 5.17. The van der Waals surface area contributed by atoms with Crippen molar-refractivity contribution in [3.05, 3.63) is 39.5 Å². The minimum Gasteiger partial charge on any atom is -0.372 e. The van der Waals surface area contributed by atoms with Crippen molar-refractivity contribution in [1.82, 2.24) is 9.97 Å². The highest BCUT2D eigenvalue weighted by Crippen LogP contribution is 2.44. The summed E-state index contributed by atoms with van der Waals surface area (Å²) in [4.78, 5) is 9.46. The number of nitrogens with zero attached hydrogens (tertiary/aromatic N) is 2. The van der Waals surface area contributed by atoms with E-state index in [1.54, 1.807) is 0 Å². The fraction of sp³-hybridized carbons (Fsp3) is 0.375. The number of aryl methyl sites for hydroxylation is 2. The Hall–Kier alpha value is -1.42. The first kappa shape index (κ1) is 13.6. The third-order valence-electron chi connectivity index (χ3n) is 3.70. The Morgan fingerprint density at radius 1 is 1.20 bits per heavy atom. The molecule has 1 aliphatic rings. The molecule has 0 saturated heterocycles. The first-order valence-corrected chi connectivity index (χ1v) is 7.72. The number of halogens is 1. The summed E-state index contributed by atoms with van der Waals surface area (Å²) in [6.45, 7) is 4.22. The van der Waals surface area contributed by atoms with Gasteiger partial charge in [-0.05, 0) is 48.2 Å². The fourth-order valence-electron chi connectivity index (χ4n) is 2.44. The standard InChI is InChI=1S/C16H18BrN3/c1-9-4-7-12(10(2)8-9)15-19-14(11-5-6-11)13(17)16(18-3)20-15/h4,7-8,11H,5-6H2,1-3H3,(H,18,19,20). The van der Waals surface area contributed by atoms with E-state index in [4.69, 9.17) is 4.98 Å². The largest absolute Gasteiger partial charge is 0.372 e. The molecule has 1 N–H and O–H groups in total. The molecule has 0 bridgehead atoms. The summed E-state index contributed by atoms with van der Waals surface area (Å²) in [5.74, 6) is 2.28. The molecule has 1 aromatic heterocycles. The summed E-state index contributed by atoms with van der Waals surface area (Å²) in [5, 5.41) is 3.16. The van der Waals surface area contributed by atoms with Crippen molar-refractivity contribution in [2.24, 2.45) is 0 Å². The van der Waals surface area contributed by atoms with Gasteiger partial charge >= 0.3 is 0 Å². The van der Waals surface area contributed by atoms with Crippen LogP contribution in [-0.4, -0.2) is 17.0 Å². The van der Waals surface area contributed by atoms with Gasteiger partial charge in [-0.25, -0.2) is 9.97 Å². The molecule has 1 aromatic carbocycles. The van der Waals surface area contributed by atoms with Crippen molar-refractivity contribution in [2.45, 2.75) is 32.6 Å². The Kier molecular flexibility index (Phi) is 3.50. The average molecular weight is 332 g/mol.